The van der Waals surface area contributed by atoms with Crippen LogP contribution in [-0.2, 0) is 6.54 Å². The molecule has 0 saturated heterocycles. The maximum absolute atomic E-state index is 13.3. The van der Waals surface area contributed by atoms with Gasteiger partial charge in [0.25, 0.3) is 17.4 Å². The first-order chi connectivity index (χ1) is 15.3. The number of aromatic nitrogens is 4. The Morgan fingerprint density at radius 3 is 2.59 bits per heavy atom. The largest absolute Gasteiger partial charge is 0.492 e. The van der Waals surface area contributed by atoms with Crippen molar-refractivity contribution < 1.29 is 14.7 Å². The fourth-order valence-electron chi connectivity index (χ4n) is 3.55. The fourth-order valence-corrected chi connectivity index (χ4v) is 3.55. The first kappa shape index (κ1) is 21.5. The summed E-state index contributed by atoms with van der Waals surface area (Å²) in [7, 11) is 0. The predicted molar refractivity (Wildman–Crippen MR) is 117 cm³/mol. The van der Waals surface area contributed by atoms with Gasteiger partial charge in [0.05, 0.1) is 17.9 Å². The molecule has 3 heterocycles. The Morgan fingerprint density at radius 2 is 1.97 bits per heavy atom. The second-order valence-corrected chi connectivity index (χ2v) is 8.50. The Morgan fingerprint density at radius 1 is 1.22 bits per heavy atom. The monoisotopic (exact) mass is 438 g/mol. The molecule has 1 unspecified atom stereocenters. The lowest BCUT2D eigenvalue weighted by Gasteiger charge is -2.17. The topological polar surface area (TPSA) is 131 Å². The van der Waals surface area contributed by atoms with Crippen LogP contribution in [0.4, 0.5) is 0 Å². The van der Waals surface area contributed by atoms with E-state index in [0.717, 1.165) is 17.4 Å². The van der Waals surface area contributed by atoms with Gasteiger partial charge in [-0.25, -0.2) is 0 Å². The van der Waals surface area contributed by atoms with Crippen molar-refractivity contribution in [3.8, 4) is 5.88 Å². The average Bonchev–Trinajstić information content (AvgIpc) is 3.45. The number of nitrogens with zero attached hydrogens (tertiary/aromatic N) is 4. The second-order valence-electron chi connectivity index (χ2n) is 8.50. The quantitative estimate of drug-likeness (QED) is 0.514. The molecule has 1 aliphatic rings. The number of rotatable bonds is 7. The molecule has 3 aromatic heterocycles. The van der Waals surface area contributed by atoms with Gasteiger partial charge >= 0.3 is 0 Å². The summed E-state index contributed by atoms with van der Waals surface area (Å²) in [6, 6.07) is 5.04. The van der Waals surface area contributed by atoms with Gasteiger partial charge in [-0.1, -0.05) is 19.9 Å². The molecule has 10 nitrogen and oxygen atoms in total. The van der Waals surface area contributed by atoms with E-state index >= 15 is 0 Å². The molecule has 1 saturated carbocycles. The number of aromatic hydroxyl groups is 1. The maximum Gasteiger partial charge on any atom is 0.270 e. The summed E-state index contributed by atoms with van der Waals surface area (Å²) >= 11 is 0. The highest BCUT2D eigenvalue weighted by Gasteiger charge is 2.31. The summed E-state index contributed by atoms with van der Waals surface area (Å²) in [5.41, 5.74) is -0.0974. The number of hydrogen-bond donors (Lipinski definition) is 3. The van der Waals surface area contributed by atoms with Crippen LogP contribution in [0, 0.1) is 5.92 Å². The smallest absolute Gasteiger partial charge is 0.270 e. The van der Waals surface area contributed by atoms with E-state index in [1.165, 1.54) is 10.8 Å². The molecule has 0 aromatic carbocycles. The van der Waals surface area contributed by atoms with Crippen molar-refractivity contribution >= 4 is 17.5 Å². The molecular weight excluding hydrogens is 412 g/mol. The van der Waals surface area contributed by atoms with Gasteiger partial charge in [-0.05, 0) is 37.8 Å². The third-order valence-electron chi connectivity index (χ3n) is 5.29. The zero-order valence-corrected chi connectivity index (χ0v) is 18.2. The van der Waals surface area contributed by atoms with Crippen molar-refractivity contribution in [2.45, 2.75) is 52.2 Å². The van der Waals surface area contributed by atoms with Crippen LogP contribution in [0.2, 0.25) is 0 Å². The number of fused-ring (bicyclic) bond motifs is 1. The molecule has 10 heteroatoms. The molecule has 4 rings (SSSR count). The van der Waals surface area contributed by atoms with Crippen molar-refractivity contribution in [3.63, 3.8) is 0 Å². The Kier molecular flexibility index (Phi) is 5.68. The molecule has 0 radical (unpaired) electrons. The Labute approximate surface area is 184 Å². The molecular formula is C22H26N6O4. The average molecular weight is 438 g/mol. The molecule has 1 fully saturated rings. The summed E-state index contributed by atoms with van der Waals surface area (Å²) in [5.74, 6) is -1.65. The van der Waals surface area contributed by atoms with E-state index in [2.05, 4.69) is 20.7 Å². The minimum absolute atomic E-state index is 0.0163. The fraction of sp³-hybridized carbons (Fsp3) is 0.409. The first-order valence-corrected chi connectivity index (χ1v) is 10.6. The number of carbonyl (C=O) groups is 2. The Balaban J connectivity index is 1.78. The summed E-state index contributed by atoms with van der Waals surface area (Å²) < 4.78 is 2.41. The van der Waals surface area contributed by atoms with Gasteiger partial charge in [-0.15, -0.1) is 0 Å². The molecule has 2 amide bonds. The number of amides is 2. The predicted octanol–water partition coefficient (Wildman–Crippen LogP) is 1.64. The molecule has 32 heavy (non-hydrogen) atoms. The van der Waals surface area contributed by atoms with Gasteiger partial charge in [-0.3, -0.25) is 23.9 Å². The van der Waals surface area contributed by atoms with Crippen molar-refractivity contribution in [1.29, 1.82) is 0 Å². The standard InChI is InChI=1S/C22H26N6O4/c1-12(2)11-27-20-15(18(29)25-13(3)16-6-4-5-9-23-16)10-24-28(20)22(32)17(21(27)31)19(30)26-14-7-8-14/h4-6,9-10,12-14,32H,7-8,11H2,1-3H3,(H,25,29)(H,26,30). The van der Waals surface area contributed by atoms with E-state index in [1.54, 1.807) is 25.3 Å². The summed E-state index contributed by atoms with van der Waals surface area (Å²) in [4.78, 5) is 43.2. The van der Waals surface area contributed by atoms with E-state index in [0.29, 0.717) is 5.69 Å². The van der Waals surface area contributed by atoms with E-state index in [4.69, 9.17) is 0 Å². The molecule has 0 spiro atoms. The SMILES string of the molecule is CC(C)Cn1c(=O)c(C(=O)NC2CC2)c(O)n2ncc(C(=O)NC(C)c3ccccn3)c12. The molecule has 0 bridgehead atoms. The van der Waals surface area contributed by atoms with Crippen LogP contribution < -0.4 is 16.2 Å². The zero-order valence-electron chi connectivity index (χ0n) is 18.2. The third-order valence-corrected chi connectivity index (χ3v) is 5.29. The van der Waals surface area contributed by atoms with Gasteiger partial charge < -0.3 is 15.7 Å². The summed E-state index contributed by atoms with van der Waals surface area (Å²) in [5, 5.41) is 20.4. The second kappa shape index (κ2) is 8.45. The summed E-state index contributed by atoms with van der Waals surface area (Å²) in [6.07, 6.45) is 4.61. The van der Waals surface area contributed by atoms with E-state index in [1.807, 2.05) is 19.9 Å². The van der Waals surface area contributed by atoms with Crippen LogP contribution >= 0.6 is 0 Å². The van der Waals surface area contributed by atoms with Crippen molar-refractivity contribution in [1.82, 2.24) is 29.8 Å². The van der Waals surface area contributed by atoms with Crippen molar-refractivity contribution in [2.75, 3.05) is 0 Å². The lowest BCUT2D eigenvalue weighted by Crippen LogP contribution is -2.37. The Hall–Kier alpha value is -3.69. The zero-order chi connectivity index (χ0) is 23.0. The minimum Gasteiger partial charge on any atom is -0.492 e. The van der Waals surface area contributed by atoms with Crippen LogP contribution in [-0.4, -0.2) is 42.1 Å². The summed E-state index contributed by atoms with van der Waals surface area (Å²) in [6.45, 7) is 5.87. The molecule has 1 atom stereocenters. The van der Waals surface area contributed by atoms with E-state index < -0.39 is 23.3 Å². The first-order valence-electron chi connectivity index (χ1n) is 10.6. The normalized spacial score (nSPS) is 14.5. The molecule has 3 aromatic rings. The lowest BCUT2D eigenvalue weighted by molar-refractivity contribution is 0.0935. The Bertz CT molecular complexity index is 1230. The highest BCUT2D eigenvalue weighted by Crippen LogP contribution is 2.23. The van der Waals surface area contributed by atoms with Crippen LogP contribution in [0.3, 0.4) is 0 Å². The van der Waals surface area contributed by atoms with Gasteiger partial charge in [-0.2, -0.15) is 9.61 Å². The van der Waals surface area contributed by atoms with Gasteiger partial charge in [0.1, 0.15) is 5.56 Å². The van der Waals surface area contributed by atoms with Crippen LogP contribution in [0.1, 0.15) is 66.1 Å². The van der Waals surface area contributed by atoms with Crippen LogP contribution in [0.15, 0.2) is 35.4 Å². The lowest BCUT2D eigenvalue weighted by atomic mass is 10.2. The molecule has 1 aliphatic carbocycles. The van der Waals surface area contributed by atoms with Crippen molar-refractivity contribution in [3.05, 3.63) is 57.8 Å². The van der Waals surface area contributed by atoms with Crippen LogP contribution in [0.25, 0.3) is 5.65 Å². The molecule has 0 aliphatic heterocycles. The third kappa shape index (κ3) is 4.08. The van der Waals surface area contributed by atoms with Gasteiger partial charge in [0, 0.05) is 18.8 Å². The van der Waals surface area contributed by atoms with E-state index in [9.17, 15) is 19.5 Å². The number of hydrogen-bond acceptors (Lipinski definition) is 6. The van der Waals surface area contributed by atoms with Gasteiger partial charge in [0.15, 0.2) is 11.2 Å². The number of nitrogens with one attached hydrogen (secondary N) is 2. The molecule has 3 N–H and O–H groups in total. The number of pyridine rings is 1. The highest BCUT2D eigenvalue weighted by atomic mass is 16.3. The van der Waals surface area contributed by atoms with E-state index in [-0.39, 0.29) is 41.3 Å². The van der Waals surface area contributed by atoms with Gasteiger partial charge in [0.2, 0.25) is 5.88 Å². The van der Waals surface area contributed by atoms with Crippen molar-refractivity contribution in [2.24, 2.45) is 5.92 Å². The maximum atomic E-state index is 13.3. The minimum atomic E-state index is -0.658. The van der Waals surface area contributed by atoms with Crippen LogP contribution in [0.5, 0.6) is 5.88 Å². The highest BCUT2D eigenvalue weighted by molar-refractivity contribution is 6.01. The number of carbonyl (C=O) groups excluding carboxylic acids is 2. The molecule has 168 valence electrons.